The van der Waals surface area contributed by atoms with Crippen LogP contribution in [0.15, 0.2) is 5.16 Å². The normalized spacial score (nSPS) is 47.9. The lowest BCUT2D eigenvalue weighted by Crippen LogP contribution is -2.57. The Kier molecular flexibility index (Phi) is 4.60. The summed E-state index contributed by atoms with van der Waals surface area (Å²) in [4.78, 5) is 28.1. The van der Waals surface area contributed by atoms with Gasteiger partial charge in [0.1, 0.15) is 5.78 Å². The summed E-state index contributed by atoms with van der Waals surface area (Å²) in [6.07, 6.45) is 6.50. The second-order valence-electron chi connectivity index (χ2n) is 9.78. The third-order valence-corrected chi connectivity index (χ3v) is 8.63. The number of Topliss-reactive ketones (excluding diaryl/α,β-unsaturated/α-hetero) is 1. The quantitative estimate of drug-likeness (QED) is 0.737. The molecule has 0 saturated heterocycles. The second-order valence-corrected chi connectivity index (χ2v) is 9.78. The van der Waals surface area contributed by atoms with E-state index in [1.165, 1.54) is 0 Å². The number of rotatable bonds is 3. The van der Waals surface area contributed by atoms with E-state index in [1.807, 2.05) is 0 Å². The molecule has 4 saturated carbocycles. The highest BCUT2D eigenvalue weighted by Gasteiger charge is 2.62. The van der Waals surface area contributed by atoms with Crippen LogP contribution in [0.3, 0.4) is 0 Å². The third-order valence-electron chi connectivity index (χ3n) is 8.63. The Morgan fingerprint density at radius 1 is 1.15 bits per heavy atom. The van der Waals surface area contributed by atoms with Crippen LogP contribution in [0.2, 0.25) is 0 Å². The maximum Gasteiger partial charge on any atom is 0.344 e. The fourth-order valence-electron chi connectivity index (χ4n) is 6.99. The van der Waals surface area contributed by atoms with Gasteiger partial charge in [0.05, 0.1) is 11.8 Å². The molecule has 6 nitrogen and oxygen atoms in total. The van der Waals surface area contributed by atoms with Gasteiger partial charge in [-0.15, -0.1) is 0 Å². The number of ketones is 1. The lowest BCUT2D eigenvalue weighted by molar-refractivity contribution is -0.142. The van der Waals surface area contributed by atoms with Crippen molar-refractivity contribution in [1.82, 2.24) is 0 Å². The zero-order chi connectivity index (χ0) is 19.4. The van der Waals surface area contributed by atoms with Crippen LogP contribution >= 0.6 is 0 Å². The SMILES string of the molecule is CC12CCC3C(/C(=N/OCC(=O)O)CC4CC(=O)CCC43C)C1CCC2O. The Morgan fingerprint density at radius 2 is 1.89 bits per heavy atom. The molecule has 0 heterocycles. The number of carboxylic acid groups (broad SMARTS) is 1. The number of aliphatic hydroxyl groups excluding tert-OH is 1. The number of carbonyl (C=O) groups is 2. The van der Waals surface area contributed by atoms with Crippen molar-refractivity contribution < 1.29 is 24.6 Å². The van der Waals surface area contributed by atoms with Gasteiger partial charge in [-0.3, -0.25) is 4.79 Å². The van der Waals surface area contributed by atoms with Crippen LogP contribution in [0.1, 0.15) is 65.2 Å². The summed E-state index contributed by atoms with van der Waals surface area (Å²) in [6, 6.07) is 0. The predicted octanol–water partition coefficient (Wildman–Crippen LogP) is 3.03. The minimum Gasteiger partial charge on any atom is -0.479 e. The van der Waals surface area contributed by atoms with Crippen LogP contribution in [0, 0.1) is 34.5 Å². The van der Waals surface area contributed by atoms with Crippen LogP contribution in [0.4, 0.5) is 0 Å². The minimum absolute atomic E-state index is 0.0948. The molecule has 0 aromatic rings. The monoisotopic (exact) mass is 377 g/mol. The van der Waals surface area contributed by atoms with Crippen LogP contribution in [-0.2, 0) is 14.4 Å². The molecule has 4 aliphatic carbocycles. The summed E-state index contributed by atoms with van der Waals surface area (Å²) in [5, 5.41) is 23.9. The molecular formula is C21H31NO5. The van der Waals surface area contributed by atoms with Crippen molar-refractivity contribution in [2.75, 3.05) is 6.61 Å². The van der Waals surface area contributed by atoms with Crippen LogP contribution in [0.25, 0.3) is 0 Å². The molecule has 0 amide bonds. The maximum absolute atomic E-state index is 12.1. The first-order valence-corrected chi connectivity index (χ1v) is 10.4. The number of hydrogen-bond acceptors (Lipinski definition) is 5. The molecule has 150 valence electrons. The molecule has 0 bridgehead atoms. The summed E-state index contributed by atoms with van der Waals surface area (Å²) in [5.74, 6) is 0.577. The van der Waals surface area contributed by atoms with Crippen molar-refractivity contribution in [2.45, 2.75) is 71.3 Å². The molecule has 0 aromatic heterocycles. The standard InChI is InChI=1S/C21H31NO5/c1-20-7-5-13(23)9-12(20)10-16(22-27-11-18(25)26)19-14-3-4-17(24)21(14,2)8-6-15(19)20/h12,14-15,17,19,24H,3-11H2,1-2H3,(H,25,26)/b22-16+. The van der Waals surface area contributed by atoms with Gasteiger partial charge in [0, 0.05) is 18.8 Å². The van der Waals surface area contributed by atoms with E-state index in [0.29, 0.717) is 36.9 Å². The minimum atomic E-state index is -1.03. The van der Waals surface area contributed by atoms with Crippen LogP contribution in [0.5, 0.6) is 0 Å². The van der Waals surface area contributed by atoms with Gasteiger partial charge in [-0.1, -0.05) is 19.0 Å². The number of aliphatic carboxylic acids is 1. The molecule has 0 radical (unpaired) electrons. The molecular weight excluding hydrogens is 346 g/mol. The van der Waals surface area contributed by atoms with Gasteiger partial charge in [0.15, 0.2) is 0 Å². The highest BCUT2D eigenvalue weighted by atomic mass is 16.6. The number of carbonyl (C=O) groups excluding carboxylic acids is 1. The zero-order valence-corrected chi connectivity index (χ0v) is 16.3. The predicted molar refractivity (Wildman–Crippen MR) is 99.1 cm³/mol. The highest BCUT2D eigenvalue weighted by Crippen LogP contribution is 2.65. The Hall–Kier alpha value is -1.43. The van der Waals surface area contributed by atoms with E-state index in [-0.39, 0.29) is 28.8 Å². The Labute approximate surface area is 160 Å². The number of oxime groups is 1. The molecule has 4 fully saturated rings. The fraction of sp³-hybridized carbons (Fsp3) is 0.857. The van der Waals surface area contributed by atoms with Gasteiger partial charge in [-0.25, -0.2) is 4.79 Å². The first kappa shape index (κ1) is 18.9. The number of fused-ring (bicyclic) bond motifs is 5. The number of carboxylic acids is 1. The average Bonchev–Trinajstić information content (AvgIpc) is 2.91. The topological polar surface area (TPSA) is 96.2 Å². The zero-order valence-electron chi connectivity index (χ0n) is 16.3. The van der Waals surface area contributed by atoms with Crippen molar-refractivity contribution in [3.8, 4) is 0 Å². The summed E-state index contributed by atoms with van der Waals surface area (Å²) in [7, 11) is 0. The molecule has 0 spiro atoms. The molecule has 4 rings (SSSR count). The lowest BCUT2D eigenvalue weighted by Gasteiger charge is -2.59. The van der Waals surface area contributed by atoms with Gasteiger partial charge in [0.25, 0.3) is 0 Å². The summed E-state index contributed by atoms with van der Waals surface area (Å²) < 4.78 is 0. The van der Waals surface area contributed by atoms with E-state index >= 15 is 0 Å². The Bertz CT molecular complexity index is 675. The van der Waals surface area contributed by atoms with E-state index in [9.17, 15) is 14.7 Å². The maximum atomic E-state index is 12.1. The van der Waals surface area contributed by atoms with Crippen molar-refractivity contribution in [1.29, 1.82) is 0 Å². The molecule has 7 unspecified atom stereocenters. The van der Waals surface area contributed by atoms with Gasteiger partial charge in [-0.05, 0) is 67.1 Å². The number of nitrogens with zero attached hydrogens (tertiary/aromatic N) is 1. The molecule has 6 heteroatoms. The third kappa shape index (κ3) is 2.91. The Morgan fingerprint density at radius 3 is 2.63 bits per heavy atom. The largest absolute Gasteiger partial charge is 0.479 e. The molecule has 27 heavy (non-hydrogen) atoms. The second kappa shape index (κ2) is 6.57. The smallest absolute Gasteiger partial charge is 0.344 e. The molecule has 7 atom stereocenters. The van der Waals surface area contributed by atoms with E-state index in [2.05, 4.69) is 19.0 Å². The van der Waals surface area contributed by atoms with Crippen molar-refractivity contribution >= 4 is 17.5 Å². The van der Waals surface area contributed by atoms with Gasteiger partial charge >= 0.3 is 5.97 Å². The van der Waals surface area contributed by atoms with E-state index in [0.717, 1.165) is 37.8 Å². The molecule has 0 aromatic carbocycles. The van der Waals surface area contributed by atoms with E-state index in [4.69, 9.17) is 9.94 Å². The number of aliphatic hydroxyl groups is 1. The lowest BCUT2D eigenvalue weighted by atomic mass is 9.44. The average molecular weight is 377 g/mol. The summed E-state index contributed by atoms with van der Waals surface area (Å²) in [6.45, 7) is 4.12. The molecule has 0 aliphatic heterocycles. The van der Waals surface area contributed by atoms with Crippen molar-refractivity contribution in [2.24, 2.45) is 39.7 Å². The van der Waals surface area contributed by atoms with E-state index in [1.54, 1.807) is 0 Å². The van der Waals surface area contributed by atoms with Crippen LogP contribution < -0.4 is 0 Å². The van der Waals surface area contributed by atoms with Crippen LogP contribution in [-0.4, -0.2) is 40.4 Å². The highest BCUT2D eigenvalue weighted by molar-refractivity contribution is 5.90. The first-order valence-electron chi connectivity index (χ1n) is 10.4. The van der Waals surface area contributed by atoms with Crippen molar-refractivity contribution in [3.63, 3.8) is 0 Å². The van der Waals surface area contributed by atoms with Gasteiger partial charge < -0.3 is 15.1 Å². The summed E-state index contributed by atoms with van der Waals surface area (Å²) >= 11 is 0. The molecule has 2 N–H and O–H groups in total. The molecule has 4 aliphatic rings. The van der Waals surface area contributed by atoms with E-state index < -0.39 is 12.6 Å². The summed E-state index contributed by atoms with van der Waals surface area (Å²) in [5.41, 5.74) is 0.963. The van der Waals surface area contributed by atoms with Crippen molar-refractivity contribution in [3.05, 3.63) is 0 Å². The number of hydrogen-bond donors (Lipinski definition) is 2. The van der Waals surface area contributed by atoms with Gasteiger partial charge in [0.2, 0.25) is 6.61 Å². The Balaban J connectivity index is 1.70. The first-order chi connectivity index (χ1) is 12.8. The van der Waals surface area contributed by atoms with Gasteiger partial charge in [-0.2, -0.15) is 0 Å². The fourth-order valence-corrected chi connectivity index (χ4v) is 6.99.